The normalized spacial score (nSPS) is 17.2. The zero-order valence-corrected chi connectivity index (χ0v) is 17.1. The SMILES string of the molecule is CC(C)[C@H]1CN(c2ccc(C(F)(F)F)nc2)C(=O)N1CC(=O)Cc1cncc(Cl)c1. The second kappa shape index (κ2) is 8.59. The molecule has 1 aliphatic rings. The average Bonchev–Trinajstić information content (AvgIpc) is 2.98. The van der Waals surface area contributed by atoms with E-state index in [1.165, 1.54) is 28.3 Å². The van der Waals surface area contributed by atoms with Gasteiger partial charge >= 0.3 is 12.2 Å². The number of urea groups is 1. The standard InChI is InChI=1S/C20H20ClF3N4O2/c1-12(2)17-11-27(15-3-4-18(26-9-15)20(22,23)24)19(30)28(17)10-16(29)6-13-5-14(21)8-25-7-13/h3-5,7-9,12,17H,6,10-11H2,1-2H3/t17-/m1/s1. The number of rotatable bonds is 6. The average molecular weight is 441 g/mol. The van der Waals surface area contributed by atoms with Gasteiger partial charge in [-0.1, -0.05) is 25.4 Å². The molecule has 3 rings (SSSR count). The van der Waals surface area contributed by atoms with Crippen molar-refractivity contribution in [1.29, 1.82) is 0 Å². The Labute approximate surface area is 176 Å². The number of carbonyl (C=O) groups excluding carboxylic acids is 2. The van der Waals surface area contributed by atoms with Gasteiger partial charge in [-0.15, -0.1) is 0 Å². The third-order valence-corrected chi connectivity index (χ3v) is 5.08. The molecule has 0 aliphatic carbocycles. The molecule has 160 valence electrons. The van der Waals surface area contributed by atoms with Gasteiger partial charge < -0.3 is 4.90 Å². The molecule has 1 atom stereocenters. The molecule has 30 heavy (non-hydrogen) atoms. The number of aromatic nitrogens is 2. The quantitative estimate of drug-likeness (QED) is 0.674. The molecular formula is C20H20ClF3N4O2. The van der Waals surface area contributed by atoms with Crippen molar-refractivity contribution in [3.63, 3.8) is 0 Å². The van der Waals surface area contributed by atoms with Gasteiger partial charge in [-0.05, 0) is 29.7 Å². The number of pyridine rings is 2. The summed E-state index contributed by atoms with van der Waals surface area (Å²) in [6.45, 7) is 3.99. The van der Waals surface area contributed by atoms with E-state index in [2.05, 4.69) is 9.97 Å². The number of nitrogens with zero attached hydrogens (tertiary/aromatic N) is 4. The van der Waals surface area contributed by atoms with Crippen LogP contribution in [0.25, 0.3) is 0 Å². The summed E-state index contributed by atoms with van der Waals surface area (Å²) >= 11 is 5.89. The molecule has 1 saturated heterocycles. The zero-order chi connectivity index (χ0) is 22.1. The number of ketones is 1. The summed E-state index contributed by atoms with van der Waals surface area (Å²) < 4.78 is 38.2. The summed E-state index contributed by atoms with van der Waals surface area (Å²) in [5.74, 6) is -0.146. The van der Waals surface area contributed by atoms with Crippen molar-refractivity contribution in [2.45, 2.75) is 32.5 Å². The van der Waals surface area contributed by atoms with E-state index in [0.717, 1.165) is 12.3 Å². The van der Waals surface area contributed by atoms with Gasteiger partial charge in [-0.3, -0.25) is 14.7 Å². The van der Waals surface area contributed by atoms with Crippen LogP contribution in [-0.2, 0) is 17.4 Å². The highest BCUT2D eigenvalue weighted by atomic mass is 35.5. The van der Waals surface area contributed by atoms with Gasteiger partial charge in [0.05, 0.1) is 29.5 Å². The molecule has 0 aromatic carbocycles. The van der Waals surface area contributed by atoms with Crippen molar-refractivity contribution in [3.05, 3.63) is 53.1 Å². The smallest absolute Gasteiger partial charge is 0.312 e. The molecule has 0 unspecified atom stereocenters. The number of alkyl halides is 3. The van der Waals surface area contributed by atoms with E-state index < -0.39 is 17.9 Å². The Kier molecular flexibility index (Phi) is 6.30. The molecule has 10 heteroatoms. The van der Waals surface area contributed by atoms with Crippen molar-refractivity contribution in [3.8, 4) is 0 Å². The van der Waals surface area contributed by atoms with Crippen molar-refractivity contribution in [1.82, 2.24) is 14.9 Å². The molecule has 0 bridgehead atoms. The Bertz CT molecular complexity index is 934. The summed E-state index contributed by atoms with van der Waals surface area (Å²) in [4.78, 5) is 35.7. The summed E-state index contributed by atoms with van der Waals surface area (Å²) in [7, 11) is 0. The molecule has 2 aromatic heterocycles. The fourth-order valence-electron chi connectivity index (χ4n) is 3.37. The van der Waals surface area contributed by atoms with Crippen molar-refractivity contribution < 1.29 is 22.8 Å². The van der Waals surface area contributed by atoms with E-state index in [1.54, 1.807) is 6.07 Å². The van der Waals surface area contributed by atoms with Gasteiger partial charge in [0, 0.05) is 25.4 Å². The van der Waals surface area contributed by atoms with Crippen LogP contribution in [0.15, 0.2) is 36.8 Å². The monoisotopic (exact) mass is 440 g/mol. The van der Waals surface area contributed by atoms with E-state index >= 15 is 0 Å². The first-order valence-electron chi connectivity index (χ1n) is 9.28. The third-order valence-electron chi connectivity index (χ3n) is 4.88. The van der Waals surface area contributed by atoms with E-state index in [1.807, 2.05) is 13.8 Å². The molecule has 2 amide bonds. The Morgan fingerprint density at radius 3 is 2.57 bits per heavy atom. The van der Waals surface area contributed by atoms with Crippen LogP contribution in [0.4, 0.5) is 23.7 Å². The molecule has 0 saturated carbocycles. The van der Waals surface area contributed by atoms with Gasteiger partial charge in [0.25, 0.3) is 0 Å². The highest BCUT2D eigenvalue weighted by Crippen LogP contribution is 2.31. The number of hydrogen-bond donors (Lipinski definition) is 0. The maximum atomic E-state index is 13.0. The summed E-state index contributed by atoms with van der Waals surface area (Å²) in [5.41, 5.74) is -0.128. The molecular weight excluding hydrogens is 421 g/mol. The van der Waals surface area contributed by atoms with Crippen LogP contribution >= 0.6 is 11.6 Å². The van der Waals surface area contributed by atoms with Crippen molar-refractivity contribution in [2.24, 2.45) is 5.92 Å². The van der Waals surface area contributed by atoms with E-state index in [0.29, 0.717) is 10.6 Å². The van der Waals surface area contributed by atoms with Crippen LogP contribution in [-0.4, -0.2) is 45.8 Å². The Hall–Kier alpha value is -2.68. The third kappa shape index (κ3) is 4.89. The number of halogens is 4. The predicted molar refractivity (Wildman–Crippen MR) is 105 cm³/mol. The molecule has 0 spiro atoms. The lowest BCUT2D eigenvalue weighted by Gasteiger charge is -2.25. The van der Waals surface area contributed by atoms with Crippen LogP contribution < -0.4 is 4.90 Å². The van der Waals surface area contributed by atoms with Gasteiger partial charge in [-0.25, -0.2) is 9.78 Å². The lowest BCUT2D eigenvalue weighted by Crippen LogP contribution is -2.41. The van der Waals surface area contributed by atoms with Crippen LogP contribution in [0, 0.1) is 5.92 Å². The highest BCUT2D eigenvalue weighted by Gasteiger charge is 2.41. The molecule has 2 aromatic rings. The zero-order valence-electron chi connectivity index (χ0n) is 16.4. The molecule has 6 nitrogen and oxygen atoms in total. The summed E-state index contributed by atoms with van der Waals surface area (Å²) in [6.07, 6.45) is -0.452. The minimum Gasteiger partial charge on any atom is -0.312 e. The van der Waals surface area contributed by atoms with E-state index in [4.69, 9.17) is 11.6 Å². The topological polar surface area (TPSA) is 66.4 Å². The Balaban J connectivity index is 1.75. The van der Waals surface area contributed by atoms with Gasteiger partial charge in [0.15, 0.2) is 5.78 Å². The maximum absolute atomic E-state index is 13.0. The molecule has 1 fully saturated rings. The lowest BCUT2D eigenvalue weighted by atomic mass is 10.0. The molecule has 0 N–H and O–H groups in total. The predicted octanol–water partition coefficient (Wildman–Crippen LogP) is 4.23. The summed E-state index contributed by atoms with van der Waals surface area (Å²) in [5, 5.41) is 0.415. The van der Waals surface area contributed by atoms with Gasteiger partial charge in [0.2, 0.25) is 0 Å². The minimum absolute atomic E-state index is 0.0435. The Morgan fingerprint density at radius 1 is 1.27 bits per heavy atom. The maximum Gasteiger partial charge on any atom is 0.433 e. The largest absolute Gasteiger partial charge is 0.433 e. The number of anilines is 1. The van der Waals surface area contributed by atoms with Gasteiger partial charge in [-0.2, -0.15) is 13.2 Å². The lowest BCUT2D eigenvalue weighted by molar-refractivity contribution is -0.141. The van der Waals surface area contributed by atoms with E-state index in [-0.39, 0.29) is 42.9 Å². The number of carbonyl (C=O) groups is 2. The second-order valence-corrected chi connectivity index (χ2v) is 7.90. The van der Waals surface area contributed by atoms with Crippen molar-refractivity contribution >= 4 is 29.1 Å². The van der Waals surface area contributed by atoms with Crippen molar-refractivity contribution in [2.75, 3.05) is 18.0 Å². The van der Waals surface area contributed by atoms with Crippen LogP contribution in [0.5, 0.6) is 0 Å². The number of Topliss-reactive ketones (excluding diaryl/α,β-unsaturated/α-hetero) is 1. The van der Waals surface area contributed by atoms with E-state index in [9.17, 15) is 22.8 Å². The summed E-state index contributed by atoms with van der Waals surface area (Å²) in [6, 6.07) is 2.99. The van der Waals surface area contributed by atoms with Crippen LogP contribution in [0.2, 0.25) is 5.02 Å². The Morgan fingerprint density at radius 2 is 2.00 bits per heavy atom. The molecule has 0 radical (unpaired) electrons. The number of hydrogen-bond acceptors (Lipinski definition) is 4. The highest BCUT2D eigenvalue weighted by molar-refractivity contribution is 6.30. The fourth-order valence-corrected chi connectivity index (χ4v) is 3.57. The van der Waals surface area contributed by atoms with Gasteiger partial charge in [0.1, 0.15) is 5.69 Å². The first kappa shape index (κ1) is 22.0. The van der Waals surface area contributed by atoms with Crippen LogP contribution in [0.3, 0.4) is 0 Å². The fraction of sp³-hybridized carbons (Fsp3) is 0.400. The molecule has 3 heterocycles. The minimum atomic E-state index is -4.55. The van der Waals surface area contributed by atoms with Crippen LogP contribution in [0.1, 0.15) is 25.1 Å². The number of amides is 2. The molecule has 1 aliphatic heterocycles. The first-order chi connectivity index (χ1) is 14.1. The first-order valence-corrected chi connectivity index (χ1v) is 9.66. The second-order valence-electron chi connectivity index (χ2n) is 7.46.